The highest BCUT2D eigenvalue weighted by Gasteiger charge is 2.10. The van der Waals surface area contributed by atoms with Crippen molar-refractivity contribution in [2.75, 3.05) is 12.3 Å². The Labute approximate surface area is 102 Å². The smallest absolute Gasteiger partial charge is 0.280 e. The van der Waals surface area contributed by atoms with Gasteiger partial charge in [0.2, 0.25) is 5.95 Å². The number of nitrogen functional groups attached to an aromatic ring is 1. The number of aliphatic hydroxyl groups is 1. The lowest BCUT2D eigenvalue weighted by atomic mass is 10.4. The zero-order chi connectivity index (χ0) is 13.1. The number of ether oxygens (including phenoxy) is 1. The minimum Gasteiger partial charge on any atom is -0.393 e. The highest BCUT2D eigenvalue weighted by atomic mass is 16.5. The summed E-state index contributed by atoms with van der Waals surface area (Å²) in [7, 11) is 0. The average molecular weight is 251 g/mol. The van der Waals surface area contributed by atoms with Gasteiger partial charge in [0.25, 0.3) is 5.56 Å². The van der Waals surface area contributed by atoms with Gasteiger partial charge >= 0.3 is 0 Å². The molecule has 4 N–H and O–H groups in total. The maximum absolute atomic E-state index is 11.5. The molecule has 2 aromatic heterocycles. The molecule has 0 radical (unpaired) electrons. The Hall–Kier alpha value is -2.19. The van der Waals surface area contributed by atoms with Crippen LogP contribution in [0.1, 0.15) is 0 Å². The number of anilines is 1. The van der Waals surface area contributed by atoms with Gasteiger partial charge in [-0.05, 0) is 0 Å². The number of imidazole rings is 1. The van der Waals surface area contributed by atoms with Crippen molar-refractivity contribution in [2.45, 2.75) is 12.8 Å². The van der Waals surface area contributed by atoms with E-state index in [9.17, 15) is 4.79 Å². The van der Waals surface area contributed by atoms with Gasteiger partial charge in [-0.3, -0.25) is 14.3 Å². The van der Waals surface area contributed by atoms with E-state index in [1.165, 1.54) is 17.0 Å². The van der Waals surface area contributed by atoms with E-state index in [4.69, 9.17) is 15.6 Å². The van der Waals surface area contributed by atoms with E-state index < -0.39 is 11.7 Å². The lowest BCUT2D eigenvalue weighted by Gasteiger charge is -2.11. The molecule has 1 atom stereocenters. The number of aromatic amines is 1. The van der Waals surface area contributed by atoms with Crippen molar-refractivity contribution in [3.05, 3.63) is 29.3 Å². The van der Waals surface area contributed by atoms with Gasteiger partial charge in [0.15, 0.2) is 11.2 Å². The van der Waals surface area contributed by atoms with Gasteiger partial charge in [0, 0.05) is 0 Å². The Morgan fingerprint density at radius 2 is 2.50 bits per heavy atom. The molecule has 0 spiro atoms. The van der Waals surface area contributed by atoms with Crippen LogP contribution in [0, 0.1) is 0 Å². The molecule has 8 nitrogen and oxygen atoms in total. The number of hydrogen-bond acceptors (Lipinski definition) is 6. The number of rotatable bonds is 5. The van der Waals surface area contributed by atoms with Crippen LogP contribution in [0.3, 0.4) is 0 Å². The predicted molar refractivity (Wildman–Crippen MR) is 64.7 cm³/mol. The molecule has 0 fully saturated rings. The molecule has 0 saturated heterocycles. The number of H-pyrrole nitrogens is 1. The molecule has 0 aliphatic rings. The maximum Gasteiger partial charge on any atom is 0.280 e. The van der Waals surface area contributed by atoms with Crippen LogP contribution in [0.25, 0.3) is 11.2 Å². The highest BCUT2D eigenvalue weighted by molar-refractivity contribution is 5.70. The molecule has 0 aliphatic carbocycles. The van der Waals surface area contributed by atoms with Crippen LogP contribution < -0.4 is 11.3 Å². The lowest BCUT2D eigenvalue weighted by Crippen LogP contribution is -2.17. The normalized spacial score (nSPS) is 12.7. The quantitative estimate of drug-likeness (QED) is 0.600. The largest absolute Gasteiger partial charge is 0.393 e. The van der Waals surface area contributed by atoms with Crippen LogP contribution in [0.4, 0.5) is 5.95 Å². The zero-order valence-corrected chi connectivity index (χ0v) is 9.54. The molecule has 2 heterocycles. The van der Waals surface area contributed by atoms with Crippen LogP contribution in [0.15, 0.2) is 23.8 Å². The second kappa shape index (κ2) is 4.98. The summed E-state index contributed by atoms with van der Waals surface area (Å²) in [5, 5.41) is 8.94. The minimum atomic E-state index is -0.484. The lowest BCUT2D eigenvalue weighted by molar-refractivity contribution is 0.00485. The molecule has 8 heteroatoms. The van der Waals surface area contributed by atoms with Gasteiger partial charge in [-0.2, -0.15) is 4.98 Å². The Kier molecular flexibility index (Phi) is 3.40. The van der Waals surface area contributed by atoms with Crippen LogP contribution in [-0.4, -0.2) is 37.3 Å². The van der Waals surface area contributed by atoms with Crippen LogP contribution in [-0.2, 0) is 11.5 Å². The topological polar surface area (TPSA) is 119 Å². The van der Waals surface area contributed by atoms with E-state index >= 15 is 0 Å². The summed E-state index contributed by atoms with van der Waals surface area (Å²) in [6, 6.07) is 0. The Morgan fingerprint density at radius 1 is 1.72 bits per heavy atom. The molecule has 0 bridgehead atoms. The second-order valence-corrected chi connectivity index (χ2v) is 3.59. The first-order valence-corrected chi connectivity index (χ1v) is 5.21. The summed E-state index contributed by atoms with van der Waals surface area (Å²) >= 11 is 0. The fourth-order valence-corrected chi connectivity index (χ4v) is 1.44. The predicted octanol–water partition coefficient (Wildman–Crippen LogP) is -0.777. The van der Waals surface area contributed by atoms with E-state index in [1.54, 1.807) is 0 Å². The van der Waals surface area contributed by atoms with Gasteiger partial charge in [-0.1, -0.05) is 6.08 Å². The average Bonchev–Trinajstić information content (AvgIpc) is 2.74. The number of nitrogens with one attached hydrogen (secondary N) is 1. The molecule has 0 saturated carbocycles. The van der Waals surface area contributed by atoms with Gasteiger partial charge in [0.05, 0.1) is 12.9 Å². The first-order valence-electron chi connectivity index (χ1n) is 5.21. The van der Waals surface area contributed by atoms with Crippen molar-refractivity contribution >= 4 is 17.1 Å². The first-order chi connectivity index (χ1) is 8.65. The summed E-state index contributed by atoms with van der Waals surface area (Å²) < 4.78 is 6.86. The van der Waals surface area contributed by atoms with E-state index in [1.807, 2.05) is 0 Å². The number of hydrogen-bond donors (Lipinski definition) is 3. The summed E-state index contributed by atoms with van der Waals surface area (Å²) in [6.07, 6.45) is 2.42. The third-order valence-corrected chi connectivity index (χ3v) is 2.36. The third-order valence-electron chi connectivity index (χ3n) is 2.36. The van der Waals surface area contributed by atoms with Gasteiger partial charge in [0.1, 0.15) is 12.8 Å². The molecule has 0 aliphatic heterocycles. The van der Waals surface area contributed by atoms with Crippen LogP contribution in [0.5, 0.6) is 0 Å². The van der Waals surface area contributed by atoms with E-state index in [0.29, 0.717) is 5.65 Å². The molecule has 2 aromatic rings. The molecule has 18 heavy (non-hydrogen) atoms. The minimum absolute atomic E-state index is 0.0108. The van der Waals surface area contributed by atoms with Gasteiger partial charge < -0.3 is 15.6 Å². The highest BCUT2D eigenvalue weighted by Crippen LogP contribution is 2.07. The van der Waals surface area contributed by atoms with Crippen molar-refractivity contribution in [2.24, 2.45) is 0 Å². The van der Waals surface area contributed by atoms with Gasteiger partial charge in [-0.25, -0.2) is 4.98 Å². The Bertz CT molecular complexity index is 617. The Balaban J connectivity index is 2.29. The van der Waals surface area contributed by atoms with E-state index in [0.717, 1.165) is 0 Å². The summed E-state index contributed by atoms with van der Waals surface area (Å²) in [4.78, 5) is 21.8. The first kappa shape index (κ1) is 12.3. The fourth-order valence-electron chi connectivity index (χ4n) is 1.44. The maximum atomic E-state index is 11.5. The number of fused-ring (bicyclic) bond motifs is 1. The van der Waals surface area contributed by atoms with Crippen molar-refractivity contribution in [1.82, 2.24) is 19.5 Å². The summed E-state index contributed by atoms with van der Waals surface area (Å²) in [5.74, 6) is 0.0108. The second-order valence-electron chi connectivity index (χ2n) is 3.59. The van der Waals surface area contributed by atoms with Crippen molar-refractivity contribution < 1.29 is 9.84 Å². The molecular weight excluding hydrogens is 238 g/mol. The van der Waals surface area contributed by atoms with Crippen molar-refractivity contribution in [3.8, 4) is 0 Å². The number of aliphatic hydroxyl groups excluding tert-OH is 1. The van der Waals surface area contributed by atoms with E-state index in [-0.39, 0.29) is 24.8 Å². The van der Waals surface area contributed by atoms with Crippen LogP contribution in [0.2, 0.25) is 0 Å². The Morgan fingerprint density at radius 3 is 3.17 bits per heavy atom. The fraction of sp³-hybridized carbons (Fsp3) is 0.300. The molecular formula is C10H13N5O3. The molecule has 1 unspecified atom stereocenters. The zero-order valence-electron chi connectivity index (χ0n) is 9.54. The summed E-state index contributed by atoms with van der Waals surface area (Å²) in [5.41, 5.74) is 5.57. The molecule has 0 amide bonds. The van der Waals surface area contributed by atoms with Crippen molar-refractivity contribution in [1.29, 1.82) is 0 Å². The number of aromatic nitrogens is 4. The number of nitrogens with two attached hydrogens (primary N) is 1. The molecule has 96 valence electrons. The van der Waals surface area contributed by atoms with E-state index in [2.05, 4.69) is 21.5 Å². The molecule has 0 aromatic carbocycles. The third kappa shape index (κ3) is 2.24. The monoisotopic (exact) mass is 251 g/mol. The standard InChI is InChI=1S/C10H13N5O3/c1-2-6(3-16)18-5-15-4-12-7-8(15)13-10(11)14-9(7)17/h2,4,6,16H,1,3,5H2,(H3,11,13,14,17). The van der Waals surface area contributed by atoms with Gasteiger partial charge in [-0.15, -0.1) is 6.58 Å². The number of nitrogens with zero attached hydrogens (tertiary/aromatic N) is 3. The van der Waals surface area contributed by atoms with Crippen LogP contribution >= 0.6 is 0 Å². The summed E-state index contributed by atoms with van der Waals surface area (Å²) in [6.45, 7) is 3.43. The van der Waals surface area contributed by atoms with Crippen molar-refractivity contribution in [3.63, 3.8) is 0 Å². The molecule has 2 rings (SSSR count). The SMILES string of the molecule is C=CC(CO)OCn1cnc2c(=O)[nH]c(N)nc21.